The lowest BCUT2D eigenvalue weighted by atomic mass is 9.92. The summed E-state index contributed by atoms with van der Waals surface area (Å²) in [6, 6.07) is 2.40. The normalized spacial score (nSPS) is 21.3. The predicted molar refractivity (Wildman–Crippen MR) is 96.4 cm³/mol. The van der Waals surface area contributed by atoms with E-state index in [1.807, 2.05) is 9.80 Å². The van der Waals surface area contributed by atoms with E-state index in [9.17, 15) is 9.59 Å². The molecule has 0 bridgehead atoms. The van der Waals surface area contributed by atoms with E-state index < -0.39 is 0 Å². The van der Waals surface area contributed by atoms with Gasteiger partial charge in [0, 0.05) is 32.6 Å². The Morgan fingerprint density at radius 1 is 1.40 bits per heavy atom. The molecular formula is C17H20N4O2S2. The van der Waals surface area contributed by atoms with Crippen molar-refractivity contribution in [3.63, 3.8) is 0 Å². The summed E-state index contributed by atoms with van der Waals surface area (Å²) < 4.78 is 3.77. The van der Waals surface area contributed by atoms with Crippen LogP contribution in [-0.4, -0.2) is 50.3 Å². The minimum atomic E-state index is 0.0312. The molecule has 0 aromatic carbocycles. The number of carbonyl (C=O) groups excluding carboxylic acids is 2. The number of piperidine rings is 1. The lowest BCUT2D eigenvalue weighted by Gasteiger charge is -2.34. The molecule has 1 aliphatic heterocycles. The van der Waals surface area contributed by atoms with Crippen LogP contribution in [0, 0.1) is 5.41 Å². The van der Waals surface area contributed by atoms with Gasteiger partial charge in [0.05, 0.1) is 6.20 Å². The summed E-state index contributed by atoms with van der Waals surface area (Å²) in [5.74, 6) is 0.172. The lowest BCUT2D eigenvalue weighted by Crippen LogP contribution is -2.42. The SMILES string of the molecule is CC(=O)N(Cc1ccsc1)[C@@H]1CC12CCN(C(=O)c1cnns1)CC2. The molecule has 0 N–H and O–H groups in total. The smallest absolute Gasteiger partial charge is 0.267 e. The van der Waals surface area contributed by atoms with Crippen molar-refractivity contribution < 1.29 is 9.59 Å². The summed E-state index contributed by atoms with van der Waals surface area (Å²) in [7, 11) is 0. The van der Waals surface area contributed by atoms with Gasteiger partial charge in [0.15, 0.2) is 0 Å². The Morgan fingerprint density at radius 3 is 2.80 bits per heavy atom. The predicted octanol–water partition coefficient (Wildman–Crippen LogP) is 2.64. The Bertz CT molecular complexity index is 752. The van der Waals surface area contributed by atoms with Gasteiger partial charge in [0.1, 0.15) is 4.88 Å². The summed E-state index contributed by atoms with van der Waals surface area (Å²) in [5.41, 5.74) is 1.40. The molecule has 6 nitrogen and oxygen atoms in total. The number of rotatable bonds is 4. The quantitative estimate of drug-likeness (QED) is 0.823. The maximum absolute atomic E-state index is 12.4. The lowest BCUT2D eigenvalue weighted by molar-refractivity contribution is -0.130. The highest BCUT2D eigenvalue weighted by Gasteiger charge is 2.58. The Morgan fingerprint density at radius 2 is 2.20 bits per heavy atom. The first-order chi connectivity index (χ1) is 12.1. The molecule has 132 valence electrons. The van der Waals surface area contributed by atoms with E-state index in [0.29, 0.717) is 17.5 Å². The molecule has 3 heterocycles. The van der Waals surface area contributed by atoms with Crippen LogP contribution < -0.4 is 0 Å². The number of nitrogens with zero attached hydrogens (tertiary/aromatic N) is 4. The monoisotopic (exact) mass is 376 g/mol. The largest absolute Gasteiger partial charge is 0.338 e. The zero-order valence-corrected chi connectivity index (χ0v) is 15.7. The van der Waals surface area contributed by atoms with Gasteiger partial charge in [-0.15, -0.1) is 5.10 Å². The molecule has 0 unspecified atom stereocenters. The number of carbonyl (C=O) groups is 2. The zero-order valence-electron chi connectivity index (χ0n) is 14.1. The van der Waals surface area contributed by atoms with E-state index in [4.69, 9.17) is 0 Å². The molecule has 25 heavy (non-hydrogen) atoms. The van der Waals surface area contributed by atoms with E-state index in [-0.39, 0.29) is 17.2 Å². The molecule has 1 saturated carbocycles. The number of hydrogen-bond acceptors (Lipinski definition) is 6. The summed E-state index contributed by atoms with van der Waals surface area (Å²) in [6.07, 6.45) is 4.52. The first-order valence-corrected chi connectivity index (χ1v) is 10.2. The number of thiophene rings is 1. The molecule has 2 fully saturated rings. The molecule has 2 aromatic rings. The molecule has 1 spiro atoms. The standard InChI is InChI=1S/C17H20N4O2S2/c1-12(22)21(10-13-2-7-24-11-13)15-8-17(15)3-5-20(6-4-17)16(23)14-9-18-19-25-14/h2,7,9,11,15H,3-6,8,10H2,1H3/t15-/m1/s1. The second-order valence-electron chi connectivity index (χ2n) is 6.93. The molecule has 8 heteroatoms. The summed E-state index contributed by atoms with van der Waals surface area (Å²) in [4.78, 5) is 29.1. The van der Waals surface area contributed by atoms with Gasteiger partial charge in [-0.1, -0.05) is 4.49 Å². The highest BCUT2D eigenvalue weighted by Crippen LogP contribution is 2.57. The van der Waals surface area contributed by atoms with Gasteiger partial charge < -0.3 is 9.80 Å². The van der Waals surface area contributed by atoms with Gasteiger partial charge in [-0.2, -0.15) is 11.3 Å². The molecule has 1 aliphatic carbocycles. The fraction of sp³-hybridized carbons (Fsp3) is 0.529. The number of likely N-dealkylation sites (tertiary alicyclic amines) is 1. The molecule has 2 aromatic heterocycles. The average Bonchev–Trinajstić information content (AvgIpc) is 3.07. The molecular weight excluding hydrogens is 356 g/mol. The van der Waals surface area contributed by atoms with Crippen molar-refractivity contribution in [3.8, 4) is 0 Å². The molecule has 1 atom stereocenters. The van der Waals surface area contributed by atoms with Crippen molar-refractivity contribution >= 4 is 34.7 Å². The van der Waals surface area contributed by atoms with Crippen LogP contribution in [0.15, 0.2) is 23.0 Å². The highest BCUT2D eigenvalue weighted by molar-refractivity contribution is 7.08. The van der Waals surface area contributed by atoms with Crippen molar-refractivity contribution in [1.29, 1.82) is 0 Å². The maximum atomic E-state index is 12.4. The Hall–Kier alpha value is -1.80. The van der Waals surface area contributed by atoms with Crippen LogP contribution in [0.2, 0.25) is 0 Å². The number of hydrogen-bond donors (Lipinski definition) is 0. The maximum Gasteiger partial charge on any atom is 0.267 e. The van der Waals surface area contributed by atoms with E-state index >= 15 is 0 Å². The second-order valence-corrected chi connectivity index (χ2v) is 8.50. The van der Waals surface area contributed by atoms with E-state index in [2.05, 4.69) is 26.4 Å². The topological polar surface area (TPSA) is 66.4 Å². The Balaban J connectivity index is 1.38. The minimum absolute atomic E-state index is 0.0312. The van der Waals surface area contributed by atoms with Gasteiger partial charge in [-0.05, 0) is 58.6 Å². The Labute approximate surface area is 154 Å². The van der Waals surface area contributed by atoms with Gasteiger partial charge in [-0.25, -0.2) is 0 Å². The van der Waals surface area contributed by atoms with E-state index in [1.165, 1.54) is 11.8 Å². The fourth-order valence-electron chi connectivity index (χ4n) is 3.90. The number of amides is 2. The molecule has 2 amide bonds. The molecule has 2 aliphatic rings. The van der Waals surface area contributed by atoms with E-state index in [0.717, 1.165) is 43.9 Å². The van der Waals surface area contributed by atoms with Crippen molar-refractivity contribution in [2.45, 2.75) is 38.8 Å². The first kappa shape index (κ1) is 16.7. The van der Waals surface area contributed by atoms with Crippen LogP contribution in [0.4, 0.5) is 0 Å². The average molecular weight is 377 g/mol. The van der Waals surface area contributed by atoms with Crippen LogP contribution in [0.25, 0.3) is 0 Å². The third kappa shape index (κ3) is 3.20. The Kier molecular flexibility index (Phi) is 4.33. The summed E-state index contributed by atoms with van der Waals surface area (Å²) >= 11 is 2.81. The van der Waals surface area contributed by atoms with Gasteiger partial charge in [0.2, 0.25) is 5.91 Å². The van der Waals surface area contributed by atoms with E-state index in [1.54, 1.807) is 18.3 Å². The summed E-state index contributed by atoms with van der Waals surface area (Å²) in [5, 5.41) is 7.90. The van der Waals surface area contributed by atoms with Crippen LogP contribution in [-0.2, 0) is 11.3 Å². The van der Waals surface area contributed by atoms with Crippen LogP contribution in [0.3, 0.4) is 0 Å². The van der Waals surface area contributed by atoms with Crippen LogP contribution >= 0.6 is 22.9 Å². The minimum Gasteiger partial charge on any atom is -0.338 e. The first-order valence-electron chi connectivity index (χ1n) is 8.44. The highest BCUT2D eigenvalue weighted by atomic mass is 32.1. The molecule has 0 radical (unpaired) electrons. The molecule has 1 saturated heterocycles. The van der Waals surface area contributed by atoms with Gasteiger partial charge in [0.25, 0.3) is 5.91 Å². The van der Waals surface area contributed by atoms with Gasteiger partial charge >= 0.3 is 0 Å². The van der Waals surface area contributed by atoms with Crippen LogP contribution in [0.5, 0.6) is 0 Å². The second kappa shape index (κ2) is 6.49. The van der Waals surface area contributed by atoms with Crippen molar-refractivity contribution in [1.82, 2.24) is 19.4 Å². The third-order valence-corrected chi connectivity index (χ3v) is 6.86. The van der Waals surface area contributed by atoms with Crippen molar-refractivity contribution in [3.05, 3.63) is 33.5 Å². The van der Waals surface area contributed by atoms with Gasteiger partial charge in [-0.3, -0.25) is 9.59 Å². The summed E-state index contributed by atoms with van der Waals surface area (Å²) in [6.45, 7) is 3.85. The van der Waals surface area contributed by atoms with Crippen LogP contribution in [0.1, 0.15) is 41.4 Å². The third-order valence-electron chi connectivity index (χ3n) is 5.48. The fourth-order valence-corrected chi connectivity index (χ4v) is 5.04. The van der Waals surface area contributed by atoms with Crippen molar-refractivity contribution in [2.24, 2.45) is 5.41 Å². The van der Waals surface area contributed by atoms with Crippen molar-refractivity contribution in [2.75, 3.05) is 13.1 Å². The zero-order chi connectivity index (χ0) is 17.4. The molecule has 4 rings (SSSR count). The number of aromatic nitrogens is 2.